The number of hydrogen-bond donors (Lipinski definition) is 2. The van der Waals surface area contributed by atoms with Crippen molar-refractivity contribution in [3.05, 3.63) is 42.0 Å². The van der Waals surface area contributed by atoms with Crippen molar-refractivity contribution in [1.29, 1.82) is 0 Å². The lowest BCUT2D eigenvalue weighted by molar-refractivity contribution is -0.131. The van der Waals surface area contributed by atoms with Crippen LogP contribution in [0.15, 0.2) is 36.4 Å². The lowest BCUT2D eigenvalue weighted by Gasteiger charge is -2.20. The van der Waals surface area contributed by atoms with Gasteiger partial charge in [-0.15, -0.1) is 0 Å². The smallest absolute Gasteiger partial charge is 0.244 e. The Balaban J connectivity index is 1.60. The van der Waals surface area contributed by atoms with Crippen molar-refractivity contribution in [2.24, 2.45) is 0 Å². The van der Waals surface area contributed by atoms with Gasteiger partial charge in [-0.25, -0.2) is 0 Å². The van der Waals surface area contributed by atoms with Gasteiger partial charge in [-0.05, 0) is 24.5 Å². The molecule has 1 fully saturated rings. The zero-order valence-corrected chi connectivity index (χ0v) is 15.1. The van der Waals surface area contributed by atoms with E-state index in [1.807, 2.05) is 35.2 Å². The molecule has 0 spiro atoms. The van der Waals surface area contributed by atoms with E-state index in [1.54, 1.807) is 6.08 Å². The molecule has 140 valence electrons. The van der Waals surface area contributed by atoms with Gasteiger partial charge in [-0.3, -0.25) is 14.4 Å². The average molecular weight is 357 g/mol. The zero-order chi connectivity index (χ0) is 18.6. The predicted octanol–water partition coefficient (Wildman–Crippen LogP) is 1.72. The molecule has 2 rings (SSSR count). The van der Waals surface area contributed by atoms with Crippen LogP contribution >= 0.6 is 0 Å². The molecule has 0 radical (unpaired) electrons. The Morgan fingerprint density at radius 2 is 1.65 bits per heavy atom. The van der Waals surface area contributed by atoms with Crippen LogP contribution < -0.4 is 10.6 Å². The van der Waals surface area contributed by atoms with E-state index < -0.39 is 0 Å². The van der Waals surface area contributed by atoms with Gasteiger partial charge in [0.1, 0.15) is 0 Å². The van der Waals surface area contributed by atoms with E-state index in [2.05, 4.69) is 10.6 Å². The highest BCUT2D eigenvalue weighted by Gasteiger charge is 2.15. The third-order valence-corrected chi connectivity index (χ3v) is 4.27. The van der Waals surface area contributed by atoms with Crippen molar-refractivity contribution in [3.63, 3.8) is 0 Å². The van der Waals surface area contributed by atoms with E-state index in [1.165, 1.54) is 18.9 Å². The zero-order valence-electron chi connectivity index (χ0n) is 15.1. The molecule has 0 aliphatic carbocycles. The number of likely N-dealkylation sites (tertiary alicyclic amines) is 1. The summed E-state index contributed by atoms with van der Waals surface area (Å²) < 4.78 is 0. The van der Waals surface area contributed by atoms with E-state index >= 15 is 0 Å². The molecule has 0 saturated carbocycles. The molecule has 6 heteroatoms. The summed E-state index contributed by atoms with van der Waals surface area (Å²) in [6.45, 7) is 1.83. The third-order valence-electron chi connectivity index (χ3n) is 4.27. The van der Waals surface area contributed by atoms with Crippen LogP contribution in [0.5, 0.6) is 0 Å². The second-order valence-electron chi connectivity index (χ2n) is 6.36. The summed E-state index contributed by atoms with van der Waals surface area (Å²) in [5, 5.41) is 5.20. The summed E-state index contributed by atoms with van der Waals surface area (Å²) in [5.74, 6) is -0.540. The lowest BCUT2D eigenvalue weighted by Crippen LogP contribution is -2.39. The van der Waals surface area contributed by atoms with Crippen molar-refractivity contribution in [2.45, 2.75) is 32.1 Å². The molecule has 6 nitrogen and oxygen atoms in total. The monoisotopic (exact) mass is 357 g/mol. The van der Waals surface area contributed by atoms with E-state index in [9.17, 15) is 14.4 Å². The highest BCUT2D eigenvalue weighted by molar-refractivity contribution is 5.94. The predicted molar refractivity (Wildman–Crippen MR) is 101 cm³/mol. The van der Waals surface area contributed by atoms with Crippen molar-refractivity contribution < 1.29 is 14.4 Å². The fraction of sp³-hybridized carbons (Fsp3) is 0.450. The van der Waals surface area contributed by atoms with Gasteiger partial charge >= 0.3 is 0 Å². The van der Waals surface area contributed by atoms with Crippen LogP contribution in [0.1, 0.15) is 37.7 Å². The third kappa shape index (κ3) is 7.51. The summed E-state index contributed by atoms with van der Waals surface area (Å²) in [6, 6.07) is 9.45. The number of carbonyl (C=O) groups is 3. The summed E-state index contributed by atoms with van der Waals surface area (Å²) in [5.41, 5.74) is 0.916. The molecule has 1 saturated heterocycles. The maximum atomic E-state index is 12.1. The van der Waals surface area contributed by atoms with Gasteiger partial charge in [-0.2, -0.15) is 0 Å². The van der Waals surface area contributed by atoms with E-state index in [0.717, 1.165) is 31.5 Å². The van der Waals surface area contributed by atoms with Gasteiger partial charge in [0.15, 0.2) is 0 Å². The van der Waals surface area contributed by atoms with Gasteiger partial charge in [0.05, 0.1) is 6.54 Å². The fourth-order valence-electron chi connectivity index (χ4n) is 2.81. The van der Waals surface area contributed by atoms with Crippen molar-refractivity contribution in [2.75, 3.05) is 26.2 Å². The number of rotatable bonds is 7. The normalized spacial score (nSPS) is 14.7. The molecule has 1 heterocycles. The molecule has 1 aromatic rings. The Morgan fingerprint density at radius 3 is 2.35 bits per heavy atom. The SMILES string of the molecule is O=C(/C=C/c1ccccc1)NCC(=O)NCCC(=O)N1CCCCCC1. The summed E-state index contributed by atoms with van der Waals surface area (Å²) in [6.07, 6.45) is 7.85. The molecule has 0 bridgehead atoms. The fourth-order valence-corrected chi connectivity index (χ4v) is 2.81. The number of amides is 3. The summed E-state index contributed by atoms with van der Waals surface area (Å²) in [7, 11) is 0. The van der Waals surface area contributed by atoms with Crippen LogP contribution in [0.3, 0.4) is 0 Å². The van der Waals surface area contributed by atoms with E-state index in [-0.39, 0.29) is 24.3 Å². The first-order chi connectivity index (χ1) is 12.6. The van der Waals surface area contributed by atoms with Crippen LogP contribution in [0.4, 0.5) is 0 Å². The first kappa shape index (κ1) is 19.7. The van der Waals surface area contributed by atoms with Crippen LogP contribution in [-0.4, -0.2) is 48.8 Å². The van der Waals surface area contributed by atoms with E-state index in [4.69, 9.17) is 0 Å². The molecule has 1 aliphatic heterocycles. The van der Waals surface area contributed by atoms with Gasteiger partial charge in [-0.1, -0.05) is 43.2 Å². The average Bonchev–Trinajstić information content (AvgIpc) is 2.95. The van der Waals surface area contributed by atoms with Crippen LogP contribution in [0.25, 0.3) is 6.08 Å². The molecule has 3 amide bonds. The van der Waals surface area contributed by atoms with Crippen LogP contribution in [0.2, 0.25) is 0 Å². The second kappa shape index (κ2) is 11.1. The Morgan fingerprint density at radius 1 is 0.962 bits per heavy atom. The Kier molecular flexibility index (Phi) is 8.39. The lowest BCUT2D eigenvalue weighted by atomic mass is 10.2. The van der Waals surface area contributed by atoms with Gasteiger partial charge in [0, 0.05) is 32.1 Å². The van der Waals surface area contributed by atoms with Crippen LogP contribution in [-0.2, 0) is 14.4 Å². The minimum absolute atomic E-state index is 0.0852. The minimum atomic E-state index is -0.329. The number of nitrogens with one attached hydrogen (secondary N) is 2. The molecule has 1 aromatic carbocycles. The number of carbonyl (C=O) groups excluding carboxylic acids is 3. The second-order valence-corrected chi connectivity index (χ2v) is 6.36. The molecule has 26 heavy (non-hydrogen) atoms. The maximum Gasteiger partial charge on any atom is 0.244 e. The van der Waals surface area contributed by atoms with Gasteiger partial charge in [0.25, 0.3) is 0 Å². The highest BCUT2D eigenvalue weighted by atomic mass is 16.2. The van der Waals surface area contributed by atoms with E-state index in [0.29, 0.717) is 13.0 Å². The molecule has 1 aliphatic rings. The highest BCUT2D eigenvalue weighted by Crippen LogP contribution is 2.10. The largest absolute Gasteiger partial charge is 0.354 e. The Bertz CT molecular complexity index is 620. The Labute approximate surface area is 154 Å². The van der Waals surface area contributed by atoms with Gasteiger partial charge in [0.2, 0.25) is 17.7 Å². The number of nitrogens with zero attached hydrogens (tertiary/aromatic N) is 1. The topological polar surface area (TPSA) is 78.5 Å². The summed E-state index contributed by atoms with van der Waals surface area (Å²) in [4.78, 5) is 37.5. The Hall–Kier alpha value is -2.63. The minimum Gasteiger partial charge on any atom is -0.354 e. The molecule has 2 N–H and O–H groups in total. The molecule has 0 aromatic heterocycles. The standard InChI is InChI=1S/C20H27N3O3/c24-18(11-10-17-8-4-3-5-9-17)22-16-19(25)21-13-12-20(26)23-14-6-1-2-7-15-23/h3-5,8-11H,1-2,6-7,12-16H2,(H,21,25)(H,22,24)/b11-10+. The number of benzene rings is 1. The van der Waals surface area contributed by atoms with Crippen LogP contribution in [0, 0.1) is 0 Å². The quantitative estimate of drug-likeness (QED) is 0.730. The molecular formula is C20H27N3O3. The maximum absolute atomic E-state index is 12.1. The molecule has 0 atom stereocenters. The summed E-state index contributed by atoms with van der Waals surface area (Å²) >= 11 is 0. The van der Waals surface area contributed by atoms with Crippen molar-refractivity contribution in [3.8, 4) is 0 Å². The van der Waals surface area contributed by atoms with Gasteiger partial charge < -0.3 is 15.5 Å². The molecule has 0 unspecified atom stereocenters. The molecular weight excluding hydrogens is 330 g/mol. The first-order valence-corrected chi connectivity index (χ1v) is 9.20. The van der Waals surface area contributed by atoms with Crippen molar-refractivity contribution in [1.82, 2.24) is 15.5 Å². The van der Waals surface area contributed by atoms with Crippen molar-refractivity contribution >= 4 is 23.8 Å². The first-order valence-electron chi connectivity index (χ1n) is 9.20. The number of hydrogen-bond acceptors (Lipinski definition) is 3.